The summed E-state index contributed by atoms with van der Waals surface area (Å²) in [6, 6.07) is 5.09. The number of hydrogen-bond donors (Lipinski definition) is 2. The van der Waals surface area contributed by atoms with Gasteiger partial charge in [-0.3, -0.25) is 19.4 Å². The van der Waals surface area contributed by atoms with Crippen LogP contribution in [0.25, 0.3) is 0 Å². The van der Waals surface area contributed by atoms with E-state index in [1.807, 2.05) is 25.1 Å². The van der Waals surface area contributed by atoms with Crippen LogP contribution in [0, 0.1) is 6.92 Å². The van der Waals surface area contributed by atoms with Crippen LogP contribution in [0.15, 0.2) is 18.2 Å². The van der Waals surface area contributed by atoms with Crippen LogP contribution >= 0.6 is 0 Å². The maximum Gasteiger partial charge on any atom is 0.266 e. The molecule has 0 spiro atoms. The average molecular weight is 249 g/mol. The lowest BCUT2D eigenvalue weighted by molar-refractivity contribution is -0.137. The van der Waals surface area contributed by atoms with Crippen molar-refractivity contribution in [2.45, 2.75) is 32.4 Å². The van der Waals surface area contributed by atoms with E-state index in [-0.39, 0.29) is 18.4 Å². The quantitative estimate of drug-likeness (QED) is 0.748. The first kappa shape index (κ1) is 12.5. The van der Waals surface area contributed by atoms with Gasteiger partial charge in [0.2, 0.25) is 5.91 Å². The van der Waals surface area contributed by atoms with Gasteiger partial charge in [0.05, 0.1) is 5.69 Å². The van der Waals surface area contributed by atoms with Gasteiger partial charge < -0.3 is 5.32 Å². The molecule has 0 radical (unpaired) electrons. The van der Waals surface area contributed by atoms with Crippen molar-refractivity contribution in [2.75, 3.05) is 0 Å². The van der Waals surface area contributed by atoms with E-state index < -0.39 is 6.04 Å². The molecule has 6 nitrogen and oxygen atoms in total. The molecule has 2 N–H and O–H groups in total. The van der Waals surface area contributed by atoms with Crippen LogP contribution < -0.4 is 10.8 Å². The number of amides is 2. The van der Waals surface area contributed by atoms with Crippen molar-refractivity contribution in [3.8, 4) is 0 Å². The van der Waals surface area contributed by atoms with Crippen molar-refractivity contribution in [1.82, 2.24) is 15.8 Å². The molecular weight excluding hydrogens is 234 g/mol. The van der Waals surface area contributed by atoms with E-state index in [4.69, 9.17) is 4.84 Å². The summed E-state index contributed by atoms with van der Waals surface area (Å²) in [6.45, 7) is 2.09. The Morgan fingerprint density at radius 1 is 1.61 bits per heavy atom. The van der Waals surface area contributed by atoms with Crippen molar-refractivity contribution < 1.29 is 14.4 Å². The first-order chi connectivity index (χ1) is 8.65. The molecule has 6 heteroatoms. The number of aromatic nitrogens is 1. The van der Waals surface area contributed by atoms with E-state index >= 15 is 0 Å². The molecule has 1 aromatic rings. The number of carbonyl (C=O) groups is 2. The number of rotatable bonds is 4. The molecule has 1 aliphatic heterocycles. The fourth-order valence-electron chi connectivity index (χ4n) is 1.74. The average Bonchev–Trinajstić information content (AvgIpc) is 2.76. The largest absolute Gasteiger partial charge is 0.344 e. The fraction of sp³-hybridized carbons (Fsp3) is 0.417. The van der Waals surface area contributed by atoms with E-state index in [2.05, 4.69) is 15.8 Å². The van der Waals surface area contributed by atoms with Gasteiger partial charge in [0.25, 0.3) is 5.91 Å². The summed E-state index contributed by atoms with van der Waals surface area (Å²) in [4.78, 5) is 31.8. The zero-order chi connectivity index (χ0) is 13.0. The first-order valence-electron chi connectivity index (χ1n) is 5.78. The maximum absolute atomic E-state index is 11.6. The van der Waals surface area contributed by atoms with E-state index in [0.717, 1.165) is 11.4 Å². The van der Waals surface area contributed by atoms with Crippen LogP contribution in [0.3, 0.4) is 0 Å². The summed E-state index contributed by atoms with van der Waals surface area (Å²) in [7, 11) is 0. The molecule has 0 saturated carbocycles. The number of aryl methyl sites for hydroxylation is 1. The lowest BCUT2D eigenvalue weighted by Gasteiger charge is -2.10. The van der Waals surface area contributed by atoms with Crippen molar-refractivity contribution in [3.05, 3.63) is 29.6 Å². The summed E-state index contributed by atoms with van der Waals surface area (Å²) in [5.74, 6) is -0.427. The van der Waals surface area contributed by atoms with Crippen molar-refractivity contribution >= 4 is 11.8 Å². The molecule has 0 unspecified atom stereocenters. The van der Waals surface area contributed by atoms with Gasteiger partial charge in [-0.1, -0.05) is 6.07 Å². The highest BCUT2D eigenvalue weighted by Gasteiger charge is 2.27. The zero-order valence-electron chi connectivity index (χ0n) is 10.1. The molecule has 96 valence electrons. The summed E-state index contributed by atoms with van der Waals surface area (Å²) in [5.41, 5.74) is 3.95. The molecule has 0 aromatic carbocycles. The number of nitrogens with one attached hydrogen (secondary N) is 2. The number of hydroxylamine groups is 1. The minimum absolute atomic E-state index is 0.101. The standard InChI is InChI=1S/C12H15N3O3/c1-8-3-2-4-9(13-8)7-18-15-12(17)10-5-6-11(16)14-10/h2-4,10H,5-7H2,1H3,(H,14,16)(H,15,17)/t10-/m1/s1. The highest BCUT2D eigenvalue weighted by atomic mass is 16.7. The summed E-state index contributed by atoms with van der Waals surface area (Å²) < 4.78 is 0. The Morgan fingerprint density at radius 2 is 2.44 bits per heavy atom. The van der Waals surface area contributed by atoms with Crippen molar-refractivity contribution in [3.63, 3.8) is 0 Å². The lowest BCUT2D eigenvalue weighted by atomic mass is 10.2. The Labute approximate surface area is 105 Å². The SMILES string of the molecule is Cc1cccc(CONC(=O)[C@H]2CCC(=O)N2)n1. The third-order valence-electron chi connectivity index (χ3n) is 2.65. The van der Waals surface area contributed by atoms with Crippen LogP contribution in [0.5, 0.6) is 0 Å². The number of hydrogen-bond acceptors (Lipinski definition) is 4. The van der Waals surface area contributed by atoms with Crippen molar-refractivity contribution in [2.24, 2.45) is 0 Å². The molecular formula is C12H15N3O3. The molecule has 1 saturated heterocycles. The Hall–Kier alpha value is -1.95. The van der Waals surface area contributed by atoms with E-state index in [0.29, 0.717) is 12.8 Å². The topological polar surface area (TPSA) is 80.3 Å². The molecule has 2 heterocycles. The number of pyridine rings is 1. The van der Waals surface area contributed by atoms with Crippen LogP contribution in [0.1, 0.15) is 24.2 Å². The van der Waals surface area contributed by atoms with Crippen LogP contribution in [0.4, 0.5) is 0 Å². The minimum atomic E-state index is -0.483. The van der Waals surface area contributed by atoms with E-state index in [1.165, 1.54) is 0 Å². The van der Waals surface area contributed by atoms with Crippen LogP contribution in [-0.4, -0.2) is 22.8 Å². The second-order valence-electron chi connectivity index (χ2n) is 4.18. The number of nitrogens with zero attached hydrogens (tertiary/aromatic N) is 1. The molecule has 1 atom stereocenters. The highest BCUT2D eigenvalue weighted by molar-refractivity contribution is 5.90. The van der Waals surface area contributed by atoms with Crippen LogP contribution in [-0.2, 0) is 21.0 Å². The van der Waals surface area contributed by atoms with Gasteiger partial charge in [-0.25, -0.2) is 5.48 Å². The third-order valence-corrected chi connectivity index (χ3v) is 2.65. The monoisotopic (exact) mass is 249 g/mol. The van der Waals surface area contributed by atoms with Gasteiger partial charge in [0.15, 0.2) is 0 Å². The zero-order valence-corrected chi connectivity index (χ0v) is 10.1. The Bertz CT molecular complexity index is 462. The van der Waals surface area contributed by atoms with Gasteiger partial charge in [-0.2, -0.15) is 0 Å². The van der Waals surface area contributed by atoms with E-state index in [9.17, 15) is 9.59 Å². The smallest absolute Gasteiger partial charge is 0.266 e. The predicted molar refractivity (Wildman–Crippen MR) is 63.1 cm³/mol. The molecule has 0 bridgehead atoms. The third kappa shape index (κ3) is 3.27. The maximum atomic E-state index is 11.6. The van der Waals surface area contributed by atoms with Crippen LogP contribution in [0.2, 0.25) is 0 Å². The Kier molecular flexibility index (Phi) is 3.88. The summed E-state index contributed by atoms with van der Waals surface area (Å²) >= 11 is 0. The molecule has 18 heavy (non-hydrogen) atoms. The van der Waals surface area contributed by atoms with Gasteiger partial charge in [-0.05, 0) is 25.5 Å². The minimum Gasteiger partial charge on any atom is -0.344 e. The normalized spacial score (nSPS) is 18.5. The van der Waals surface area contributed by atoms with Gasteiger partial charge in [-0.15, -0.1) is 0 Å². The van der Waals surface area contributed by atoms with Gasteiger partial charge >= 0.3 is 0 Å². The van der Waals surface area contributed by atoms with Crippen molar-refractivity contribution in [1.29, 1.82) is 0 Å². The molecule has 1 aliphatic rings. The Balaban J connectivity index is 1.75. The lowest BCUT2D eigenvalue weighted by Crippen LogP contribution is -2.41. The molecule has 2 rings (SSSR count). The molecule has 2 amide bonds. The van der Waals surface area contributed by atoms with Gasteiger partial charge in [0.1, 0.15) is 12.6 Å². The molecule has 0 aliphatic carbocycles. The molecule has 1 fully saturated rings. The number of carbonyl (C=O) groups excluding carboxylic acids is 2. The second kappa shape index (κ2) is 5.59. The fourth-order valence-corrected chi connectivity index (χ4v) is 1.74. The highest BCUT2D eigenvalue weighted by Crippen LogP contribution is 2.06. The first-order valence-corrected chi connectivity index (χ1v) is 5.78. The summed E-state index contributed by atoms with van der Waals surface area (Å²) in [6.07, 6.45) is 0.897. The summed E-state index contributed by atoms with van der Waals surface area (Å²) in [5, 5.41) is 2.56. The van der Waals surface area contributed by atoms with E-state index in [1.54, 1.807) is 0 Å². The predicted octanol–water partition coefficient (Wildman–Crippen LogP) is 0.216. The van der Waals surface area contributed by atoms with Gasteiger partial charge in [0, 0.05) is 12.1 Å². The Morgan fingerprint density at radius 3 is 3.11 bits per heavy atom. The molecule has 1 aromatic heterocycles. The second-order valence-corrected chi connectivity index (χ2v) is 4.18.